The van der Waals surface area contributed by atoms with Crippen LogP contribution >= 0.6 is 23.2 Å². The maximum Gasteiger partial charge on any atom is 0.258 e. The number of nitrogens with zero attached hydrogens (tertiary/aromatic N) is 2. The summed E-state index contributed by atoms with van der Waals surface area (Å²) in [6.07, 6.45) is 0. The van der Waals surface area contributed by atoms with Crippen LogP contribution in [0.2, 0.25) is 10.0 Å². The second-order valence-corrected chi connectivity index (χ2v) is 6.67. The first-order chi connectivity index (χ1) is 12.9. The number of carbonyl (C=O) groups is 1. The van der Waals surface area contributed by atoms with Crippen LogP contribution in [0.5, 0.6) is 5.75 Å². The summed E-state index contributed by atoms with van der Waals surface area (Å²) in [7, 11) is 0. The molecule has 0 aliphatic rings. The van der Waals surface area contributed by atoms with E-state index < -0.39 is 11.7 Å². The van der Waals surface area contributed by atoms with Crippen molar-refractivity contribution in [2.75, 3.05) is 5.32 Å². The van der Waals surface area contributed by atoms with Crippen LogP contribution in [0.4, 0.5) is 10.1 Å². The van der Waals surface area contributed by atoms with Crippen molar-refractivity contribution in [2.24, 2.45) is 0 Å². The Hall–Kier alpha value is -2.57. The Labute approximate surface area is 165 Å². The van der Waals surface area contributed by atoms with Crippen LogP contribution < -0.4 is 10.1 Å². The van der Waals surface area contributed by atoms with Gasteiger partial charge in [-0.1, -0.05) is 35.3 Å². The molecule has 3 aromatic rings. The minimum Gasteiger partial charge on any atom is -0.470 e. The molecule has 1 amide bonds. The molecule has 0 saturated carbocycles. The zero-order chi connectivity index (χ0) is 19.6. The molecule has 140 valence electrons. The zero-order valence-corrected chi connectivity index (χ0v) is 16.1. The lowest BCUT2D eigenvalue weighted by Crippen LogP contribution is -2.15. The summed E-state index contributed by atoms with van der Waals surface area (Å²) in [5.41, 5.74) is 1.73. The largest absolute Gasteiger partial charge is 0.470 e. The summed E-state index contributed by atoms with van der Waals surface area (Å²) in [5.74, 6) is -0.663. The molecule has 1 heterocycles. The number of nitrogens with one attached hydrogen (secondary N) is 1. The summed E-state index contributed by atoms with van der Waals surface area (Å²) in [4.78, 5) is 12.4. The molecule has 0 unspecified atom stereocenters. The van der Waals surface area contributed by atoms with Gasteiger partial charge in [-0.15, -0.1) is 0 Å². The molecule has 0 bridgehead atoms. The van der Waals surface area contributed by atoms with Gasteiger partial charge in [0.2, 0.25) is 0 Å². The van der Waals surface area contributed by atoms with Gasteiger partial charge in [0, 0.05) is 5.02 Å². The van der Waals surface area contributed by atoms with Crippen molar-refractivity contribution in [1.29, 1.82) is 0 Å². The minimum atomic E-state index is -0.585. The molecular weight excluding hydrogens is 392 g/mol. The molecular formula is C19H16Cl2FN3O2. The first-order valence-electron chi connectivity index (χ1n) is 8.04. The van der Waals surface area contributed by atoms with E-state index in [1.54, 1.807) is 42.8 Å². The van der Waals surface area contributed by atoms with Crippen molar-refractivity contribution < 1.29 is 13.9 Å². The number of amides is 1. The van der Waals surface area contributed by atoms with E-state index in [4.69, 9.17) is 27.9 Å². The number of anilines is 1. The highest BCUT2D eigenvalue weighted by molar-refractivity contribution is 6.35. The lowest BCUT2D eigenvalue weighted by Gasteiger charge is -2.10. The molecule has 2 aromatic carbocycles. The van der Waals surface area contributed by atoms with Gasteiger partial charge in [-0.2, -0.15) is 5.10 Å². The average Bonchev–Trinajstić information content (AvgIpc) is 2.89. The van der Waals surface area contributed by atoms with Gasteiger partial charge in [-0.3, -0.25) is 4.79 Å². The highest BCUT2D eigenvalue weighted by Gasteiger charge is 2.17. The Morgan fingerprint density at radius 3 is 2.67 bits per heavy atom. The van der Waals surface area contributed by atoms with E-state index in [-0.39, 0.29) is 12.3 Å². The first-order valence-corrected chi connectivity index (χ1v) is 8.80. The summed E-state index contributed by atoms with van der Waals surface area (Å²) >= 11 is 12.0. The monoisotopic (exact) mass is 407 g/mol. The van der Waals surface area contributed by atoms with Gasteiger partial charge in [0.1, 0.15) is 11.6 Å². The molecule has 5 nitrogen and oxygen atoms in total. The summed E-state index contributed by atoms with van der Waals surface area (Å²) in [6, 6.07) is 10.7. The second kappa shape index (κ2) is 7.98. The highest BCUT2D eigenvalue weighted by atomic mass is 35.5. The van der Waals surface area contributed by atoms with Gasteiger partial charge >= 0.3 is 0 Å². The molecule has 3 rings (SSSR count). The van der Waals surface area contributed by atoms with Crippen LogP contribution in [0.3, 0.4) is 0 Å². The van der Waals surface area contributed by atoms with Crippen LogP contribution in [-0.4, -0.2) is 15.7 Å². The highest BCUT2D eigenvalue weighted by Crippen LogP contribution is 2.28. The second-order valence-electron chi connectivity index (χ2n) is 5.83. The van der Waals surface area contributed by atoms with Crippen LogP contribution in [0, 0.1) is 19.7 Å². The van der Waals surface area contributed by atoms with Crippen molar-refractivity contribution in [2.45, 2.75) is 20.6 Å². The summed E-state index contributed by atoms with van der Waals surface area (Å²) in [6.45, 7) is 3.61. The first kappa shape index (κ1) is 19.2. The van der Waals surface area contributed by atoms with Gasteiger partial charge in [0.15, 0.2) is 6.73 Å². The number of halogens is 3. The van der Waals surface area contributed by atoms with Crippen LogP contribution in [0.25, 0.3) is 0 Å². The fraction of sp³-hybridized carbons (Fsp3) is 0.158. The number of aromatic nitrogens is 2. The third kappa shape index (κ3) is 4.23. The molecule has 27 heavy (non-hydrogen) atoms. The fourth-order valence-corrected chi connectivity index (χ4v) is 3.02. The molecule has 0 spiro atoms. The van der Waals surface area contributed by atoms with Crippen LogP contribution in [0.1, 0.15) is 21.7 Å². The third-order valence-electron chi connectivity index (χ3n) is 3.97. The van der Waals surface area contributed by atoms with Gasteiger partial charge in [-0.25, -0.2) is 9.07 Å². The molecule has 0 aliphatic carbocycles. The van der Waals surface area contributed by atoms with Crippen molar-refractivity contribution in [3.8, 4) is 5.75 Å². The van der Waals surface area contributed by atoms with Crippen LogP contribution in [0.15, 0.2) is 42.5 Å². The molecule has 8 heteroatoms. The minimum absolute atomic E-state index is 0.0340. The van der Waals surface area contributed by atoms with E-state index in [9.17, 15) is 9.18 Å². The predicted octanol–water partition coefficient (Wildman–Crippen LogP) is 5.23. The van der Waals surface area contributed by atoms with Crippen molar-refractivity contribution >= 4 is 34.8 Å². The molecule has 0 aliphatic heterocycles. The number of rotatable bonds is 5. The Morgan fingerprint density at radius 1 is 1.22 bits per heavy atom. The molecule has 1 aromatic heterocycles. The van der Waals surface area contributed by atoms with Crippen LogP contribution in [-0.2, 0) is 6.73 Å². The summed E-state index contributed by atoms with van der Waals surface area (Å²) < 4.78 is 21.1. The number of benzene rings is 2. The Balaban J connectivity index is 1.76. The smallest absolute Gasteiger partial charge is 0.258 e. The van der Waals surface area contributed by atoms with Crippen molar-refractivity contribution in [1.82, 2.24) is 9.78 Å². The van der Waals surface area contributed by atoms with Gasteiger partial charge in [-0.05, 0) is 44.2 Å². The van der Waals surface area contributed by atoms with E-state index in [1.807, 2.05) is 0 Å². The van der Waals surface area contributed by atoms with E-state index >= 15 is 0 Å². The maximum absolute atomic E-state index is 13.8. The van der Waals surface area contributed by atoms with Crippen molar-refractivity contribution in [3.05, 3.63) is 75.3 Å². The fourth-order valence-electron chi connectivity index (χ4n) is 2.55. The standard InChI is InChI=1S/C19H16Cl2FN3O2/c1-11-18(23-19(26)14-5-3-4-6-16(14)22)12(2)25(24-11)10-27-17-8-7-13(20)9-15(17)21/h3-9H,10H2,1-2H3,(H,23,26). The molecule has 0 atom stereocenters. The third-order valence-corrected chi connectivity index (χ3v) is 4.51. The van der Waals surface area contributed by atoms with E-state index in [0.29, 0.717) is 32.9 Å². The molecule has 1 N–H and O–H groups in total. The number of ether oxygens (including phenoxy) is 1. The van der Waals surface area contributed by atoms with Crippen molar-refractivity contribution in [3.63, 3.8) is 0 Å². The molecule has 0 radical (unpaired) electrons. The molecule has 0 fully saturated rings. The quantitative estimate of drug-likeness (QED) is 0.629. The van der Waals surface area contributed by atoms with E-state index in [0.717, 1.165) is 0 Å². The number of aryl methyl sites for hydroxylation is 1. The zero-order valence-electron chi connectivity index (χ0n) is 14.6. The maximum atomic E-state index is 13.8. The number of carbonyl (C=O) groups excluding carboxylic acids is 1. The predicted molar refractivity (Wildman–Crippen MR) is 103 cm³/mol. The van der Waals surface area contributed by atoms with Gasteiger partial charge in [0.05, 0.1) is 27.7 Å². The number of hydrogen-bond acceptors (Lipinski definition) is 3. The normalized spacial score (nSPS) is 10.7. The van der Waals surface area contributed by atoms with Gasteiger partial charge < -0.3 is 10.1 Å². The van der Waals surface area contributed by atoms with E-state index in [2.05, 4.69) is 10.4 Å². The Morgan fingerprint density at radius 2 is 1.96 bits per heavy atom. The average molecular weight is 408 g/mol. The Kier molecular flexibility index (Phi) is 5.68. The SMILES string of the molecule is Cc1nn(COc2ccc(Cl)cc2Cl)c(C)c1NC(=O)c1ccccc1F. The summed E-state index contributed by atoms with van der Waals surface area (Å²) in [5, 5.41) is 7.96. The molecule has 0 saturated heterocycles. The lowest BCUT2D eigenvalue weighted by molar-refractivity contribution is 0.102. The Bertz CT molecular complexity index is 1000. The topological polar surface area (TPSA) is 56.1 Å². The number of hydrogen-bond donors (Lipinski definition) is 1. The lowest BCUT2D eigenvalue weighted by atomic mass is 10.2. The van der Waals surface area contributed by atoms with Gasteiger partial charge in [0.25, 0.3) is 5.91 Å². The van der Waals surface area contributed by atoms with E-state index in [1.165, 1.54) is 18.2 Å².